The van der Waals surface area contributed by atoms with Gasteiger partial charge in [0, 0.05) is 11.9 Å². The number of carbonyl (C=O) groups excluding carboxylic acids is 1. The van der Waals surface area contributed by atoms with Gasteiger partial charge in [-0.15, -0.1) is 0 Å². The van der Waals surface area contributed by atoms with E-state index in [9.17, 15) is 4.79 Å². The van der Waals surface area contributed by atoms with Crippen LogP contribution in [0.2, 0.25) is 0 Å². The number of carbonyl (C=O) groups is 1. The number of H-pyrrole nitrogens is 2. The number of aromatic nitrogens is 2. The number of aryl methyl sites for hydroxylation is 1. The van der Waals surface area contributed by atoms with E-state index < -0.39 is 0 Å². The molecule has 0 saturated heterocycles. The molecule has 2 aromatic rings. The fourth-order valence-electron chi connectivity index (χ4n) is 2.80. The van der Waals surface area contributed by atoms with E-state index >= 15 is 0 Å². The Morgan fingerprint density at radius 1 is 1.37 bits per heavy atom. The molecule has 0 spiro atoms. The Labute approximate surface area is 112 Å². The molecule has 2 heterocycles. The Morgan fingerprint density at radius 2 is 2.21 bits per heavy atom. The monoisotopic (exact) mass is 258 g/mol. The quantitative estimate of drug-likeness (QED) is 0.831. The fourth-order valence-corrected chi connectivity index (χ4v) is 2.80. The molecule has 0 aliphatic heterocycles. The normalized spacial score (nSPS) is 14.2. The van der Waals surface area contributed by atoms with Crippen molar-refractivity contribution in [2.24, 2.45) is 0 Å². The first-order valence-corrected chi connectivity index (χ1v) is 6.86. The lowest BCUT2D eigenvalue weighted by Gasteiger charge is -2.12. The third-order valence-electron chi connectivity index (χ3n) is 3.64. The minimum Gasteiger partial charge on any atom is -0.462 e. The summed E-state index contributed by atoms with van der Waals surface area (Å²) in [6.45, 7) is 2.24. The smallest absolute Gasteiger partial charge is 0.340 e. The molecule has 0 fully saturated rings. The van der Waals surface area contributed by atoms with Crippen molar-refractivity contribution in [2.75, 3.05) is 6.61 Å². The Hall–Kier alpha value is -1.97. The topological polar surface area (TPSA) is 57.9 Å². The van der Waals surface area contributed by atoms with Crippen molar-refractivity contribution in [3.63, 3.8) is 0 Å². The molecule has 1 aliphatic carbocycles. The van der Waals surface area contributed by atoms with Crippen LogP contribution in [-0.4, -0.2) is 22.5 Å². The Kier molecular flexibility index (Phi) is 3.15. The number of ether oxygens (including phenoxy) is 1. The zero-order valence-corrected chi connectivity index (χ0v) is 11.1. The Balaban J connectivity index is 2.12. The molecule has 0 bridgehead atoms. The van der Waals surface area contributed by atoms with Gasteiger partial charge in [-0.05, 0) is 50.3 Å². The van der Waals surface area contributed by atoms with Gasteiger partial charge in [0.25, 0.3) is 0 Å². The minimum atomic E-state index is -0.216. The first-order chi connectivity index (χ1) is 9.31. The van der Waals surface area contributed by atoms with Crippen LogP contribution in [0.25, 0.3) is 11.4 Å². The molecule has 2 aromatic heterocycles. The highest BCUT2D eigenvalue weighted by atomic mass is 16.5. The average Bonchev–Trinajstić information content (AvgIpc) is 3.06. The van der Waals surface area contributed by atoms with Crippen LogP contribution >= 0.6 is 0 Å². The molecular formula is C15H18N2O2. The molecule has 19 heavy (non-hydrogen) atoms. The van der Waals surface area contributed by atoms with Crippen molar-refractivity contribution in [3.05, 3.63) is 35.2 Å². The molecule has 4 heteroatoms. The van der Waals surface area contributed by atoms with E-state index in [1.165, 1.54) is 12.1 Å². The van der Waals surface area contributed by atoms with E-state index in [0.717, 1.165) is 41.8 Å². The first kappa shape index (κ1) is 12.1. The lowest BCUT2D eigenvalue weighted by molar-refractivity contribution is 0.0526. The van der Waals surface area contributed by atoms with E-state index in [0.29, 0.717) is 6.61 Å². The molecule has 0 aromatic carbocycles. The van der Waals surface area contributed by atoms with Crippen LogP contribution in [0.1, 0.15) is 41.4 Å². The highest BCUT2D eigenvalue weighted by molar-refractivity contribution is 5.98. The van der Waals surface area contributed by atoms with Crippen molar-refractivity contribution >= 4 is 5.97 Å². The lowest BCUT2D eigenvalue weighted by atomic mass is 9.94. The Bertz CT molecular complexity index is 582. The van der Waals surface area contributed by atoms with Gasteiger partial charge < -0.3 is 14.7 Å². The summed E-state index contributed by atoms with van der Waals surface area (Å²) in [6, 6.07) is 3.91. The number of rotatable bonds is 3. The highest BCUT2D eigenvalue weighted by Gasteiger charge is 2.26. The van der Waals surface area contributed by atoms with E-state index in [4.69, 9.17) is 4.74 Å². The molecule has 2 N–H and O–H groups in total. The summed E-state index contributed by atoms with van der Waals surface area (Å²) in [6.07, 6.45) is 6.16. The number of hydrogen-bond donors (Lipinski definition) is 2. The summed E-state index contributed by atoms with van der Waals surface area (Å²) in [4.78, 5) is 18.8. The largest absolute Gasteiger partial charge is 0.462 e. The van der Waals surface area contributed by atoms with Crippen molar-refractivity contribution in [1.29, 1.82) is 0 Å². The van der Waals surface area contributed by atoms with Gasteiger partial charge in [-0.1, -0.05) is 0 Å². The van der Waals surface area contributed by atoms with Crippen molar-refractivity contribution < 1.29 is 9.53 Å². The summed E-state index contributed by atoms with van der Waals surface area (Å²) < 4.78 is 5.22. The number of nitrogens with one attached hydrogen (secondary N) is 2. The van der Waals surface area contributed by atoms with Gasteiger partial charge in [-0.25, -0.2) is 4.79 Å². The molecule has 3 rings (SSSR count). The van der Waals surface area contributed by atoms with Crippen LogP contribution < -0.4 is 0 Å². The van der Waals surface area contributed by atoms with Crippen LogP contribution in [-0.2, 0) is 17.6 Å². The number of aromatic amines is 2. The van der Waals surface area contributed by atoms with Crippen LogP contribution in [0, 0.1) is 0 Å². The maximum atomic E-state index is 12.2. The van der Waals surface area contributed by atoms with Gasteiger partial charge in [0.2, 0.25) is 0 Å². The molecule has 1 aliphatic rings. The van der Waals surface area contributed by atoms with Gasteiger partial charge in [0.05, 0.1) is 23.6 Å². The molecule has 0 atom stereocenters. The van der Waals surface area contributed by atoms with E-state index in [1.54, 1.807) is 0 Å². The Morgan fingerprint density at radius 3 is 2.95 bits per heavy atom. The van der Waals surface area contributed by atoms with Crippen LogP contribution in [0.5, 0.6) is 0 Å². The summed E-state index contributed by atoms with van der Waals surface area (Å²) >= 11 is 0. The van der Waals surface area contributed by atoms with Crippen molar-refractivity contribution in [3.8, 4) is 11.4 Å². The van der Waals surface area contributed by atoms with Crippen molar-refractivity contribution in [2.45, 2.75) is 32.6 Å². The molecule has 100 valence electrons. The van der Waals surface area contributed by atoms with Gasteiger partial charge in [0.15, 0.2) is 0 Å². The predicted molar refractivity (Wildman–Crippen MR) is 73.2 cm³/mol. The second-order valence-corrected chi connectivity index (χ2v) is 4.84. The second kappa shape index (κ2) is 4.96. The predicted octanol–water partition coefficient (Wildman–Crippen LogP) is 3.07. The average molecular weight is 258 g/mol. The molecule has 0 amide bonds. The van der Waals surface area contributed by atoms with Gasteiger partial charge in [-0.2, -0.15) is 0 Å². The fraction of sp³-hybridized carbons (Fsp3) is 0.400. The summed E-state index contributed by atoms with van der Waals surface area (Å²) in [7, 11) is 0. The molecular weight excluding hydrogens is 240 g/mol. The van der Waals surface area contributed by atoms with Crippen LogP contribution in [0.15, 0.2) is 18.3 Å². The molecule has 0 unspecified atom stereocenters. The number of esters is 1. The van der Waals surface area contributed by atoms with E-state index in [2.05, 4.69) is 9.97 Å². The molecule has 0 saturated carbocycles. The number of hydrogen-bond acceptors (Lipinski definition) is 2. The molecule has 0 radical (unpaired) electrons. The third kappa shape index (κ3) is 2.07. The van der Waals surface area contributed by atoms with Crippen LogP contribution in [0.3, 0.4) is 0 Å². The standard InChI is InChI=1S/C15H18N2O2/c1-2-19-15(18)13-10-6-3-4-7-11(10)17-14(13)12-8-5-9-16-12/h5,8-9,16-17H,2-4,6-7H2,1H3. The maximum Gasteiger partial charge on any atom is 0.340 e. The third-order valence-corrected chi connectivity index (χ3v) is 3.64. The maximum absolute atomic E-state index is 12.2. The highest BCUT2D eigenvalue weighted by Crippen LogP contribution is 2.32. The minimum absolute atomic E-state index is 0.216. The summed E-state index contributed by atoms with van der Waals surface area (Å²) in [5.41, 5.74) is 4.88. The zero-order chi connectivity index (χ0) is 13.2. The summed E-state index contributed by atoms with van der Waals surface area (Å²) in [5, 5.41) is 0. The lowest BCUT2D eigenvalue weighted by Crippen LogP contribution is -2.10. The van der Waals surface area contributed by atoms with Gasteiger partial charge in [-0.3, -0.25) is 0 Å². The number of fused-ring (bicyclic) bond motifs is 1. The zero-order valence-electron chi connectivity index (χ0n) is 11.1. The van der Waals surface area contributed by atoms with Gasteiger partial charge >= 0.3 is 5.97 Å². The van der Waals surface area contributed by atoms with Crippen LogP contribution in [0.4, 0.5) is 0 Å². The second-order valence-electron chi connectivity index (χ2n) is 4.84. The van der Waals surface area contributed by atoms with E-state index in [-0.39, 0.29) is 5.97 Å². The SMILES string of the molecule is CCOC(=O)c1c(-c2ccc[nH]2)[nH]c2c1CCCC2. The summed E-state index contributed by atoms with van der Waals surface area (Å²) in [5.74, 6) is -0.216. The van der Waals surface area contributed by atoms with Crippen molar-refractivity contribution in [1.82, 2.24) is 9.97 Å². The molecule has 4 nitrogen and oxygen atoms in total. The first-order valence-electron chi connectivity index (χ1n) is 6.86. The van der Waals surface area contributed by atoms with E-state index in [1.807, 2.05) is 25.3 Å². The van der Waals surface area contributed by atoms with Gasteiger partial charge in [0.1, 0.15) is 0 Å².